The fourth-order valence-corrected chi connectivity index (χ4v) is 1.75. The second-order valence-corrected chi connectivity index (χ2v) is 3.92. The van der Waals surface area contributed by atoms with Crippen LogP contribution in [0.5, 0.6) is 5.75 Å². The zero-order chi connectivity index (χ0) is 13.5. The monoisotopic (exact) mass is 250 g/mol. The summed E-state index contributed by atoms with van der Waals surface area (Å²) >= 11 is 0. The van der Waals surface area contributed by atoms with Crippen LogP contribution in [0.1, 0.15) is 42.6 Å². The van der Waals surface area contributed by atoms with Gasteiger partial charge in [0.15, 0.2) is 5.78 Å². The zero-order valence-electron chi connectivity index (χ0n) is 10.7. The summed E-state index contributed by atoms with van der Waals surface area (Å²) in [7, 11) is 0. The van der Waals surface area contributed by atoms with Crippen molar-refractivity contribution in [2.75, 3.05) is 6.61 Å². The van der Waals surface area contributed by atoms with Crippen LogP contribution >= 0.6 is 0 Å². The van der Waals surface area contributed by atoms with Crippen LogP contribution in [0.15, 0.2) is 18.2 Å². The highest BCUT2D eigenvalue weighted by Crippen LogP contribution is 2.20. The van der Waals surface area contributed by atoms with E-state index in [-0.39, 0.29) is 18.6 Å². The van der Waals surface area contributed by atoms with Gasteiger partial charge in [-0.1, -0.05) is 6.92 Å². The number of rotatable bonds is 7. The van der Waals surface area contributed by atoms with Gasteiger partial charge in [0, 0.05) is 12.0 Å². The summed E-state index contributed by atoms with van der Waals surface area (Å²) < 4.78 is 5.38. The Labute approximate surface area is 107 Å². The number of carboxylic acid groups (broad SMARTS) is 1. The minimum atomic E-state index is -0.952. The summed E-state index contributed by atoms with van der Waals surface area (Å²) in [4.78, 5) is 22.4. The summed E-state index contributed by atoms with van der Waals surface area (Å²) in [6, 6.07) is 5.31. The topological polar surface area (TPSA) is 63.6 Å². The summed E-state index contributed by atoms with van der Waals surface area (Å²) in [6.07, 6.45) is 0.626. The standard InChI is InChI=1S/C14H18O4/c1-3-10-9-11(18-4-2)5-6-12(10)13(15)7-8-14(16)17/h5-6,9H,3-4,7-8H2,1-2H3,(H,16,17). The van der Waals surface area contributed by atoms with Gasteiger partial charge >= 0.3 is 5.97 Å². The van der Waals surface area contributed by atoms with Gasteiger partial charge in [-0.3, -0.25) is 9.59 Å². The Kier molecular flexibility index (Phi) is 5.36. The van der Waals surface area contributed by atoms with E-state index >= 15 is 0 Å². The molecule has 0 fully saturated rings. The number of Topliss-reactive ketones (excluding diaryl/α,β-unsaturated/α-hetero) is 1. The van der Waals surface area contributed by atoms with Crippen LogP contribution in [0.3, 0.4) is 0 Å². The van der Waals surface area contributed by atoms with Crippen LogP contribution < -0.4 is 4.74 Å². The molecule has 0 atom stereocenters. The molecular weight excluding hydrogens is 232 g/mol. The smallest absolute Gasteiger partial charge is 0.303 e. The lowest BCUT2D eigenvalue weighted by atomic mass is 9.98. The van der Waals surface area contributed by atoms with Crippen molar-refractivity contribution in [3.63, 3.8) is 0 Å². The third kappa shape index (κ3) is 3.87. The third-order valence-electron chi connectivity index (χ3n) is 2.63. The molecule has 0 saturated heterocycles. The Hall–Kier alpha value is -1.84. The maximum Gasteiger partial charge on any atom is 0.303 e. The van der Waals surface area contributed by atoms with E-state index in [9.17, 15) is 9.59 Å². The van der Waals surface area contributed by atoms with E-state index in [0.717, 1.165) is 17.7 Å². The largest absolute Gasteiger partial charge is 0.494 e. The van der Waals surface area contributed by atoms with Crippen LogP contribution in [-0.2, 0) is 11.2 Å². The van der Waals surface area contributed by atoms with Gasteiger partial charge in [0.1, 0.15) is 5.75 Å². The minimum Gasteiger partial charge on any atom is -0.494 e. The molecule has 0 saturated carbocycles. The number of ketones is 1. The highest BCUT2D eigenvalue weighted by molar-refractivity contribution is 5.98. The first-order valence-corrected chi connectivity index (χ1v) is 6.09. The van der Waals surface area contributed by atoms with Crippen LogP contribution in [-0.4, -0.2) is 23.5 Å². The van der Waals surface area contributed by atoms with Gasteiger partial charge in [0.25, 0.3) is 0 Å². The molecule has 18 heavy (non-hydrogen) atoms. The quantitative estimate of drug-likeness (QED) is 0.756. The lowest BCUT2D eigenvalue weighted by molar-refractivity contribution is -0.136. The van der Waals surface area contributed by atoms with E-state index in [1.165, 1.54) is 0 Å². The maximum absolute atomic E-state index is 11.9. The molecule has 0 aliphatic carbocycles. The molecule has 0 aliphatic heterocycles. The van der Waals surface area contributed by atoms with Crippen LogP contribution in [0.4, 0.5) is 0 Å². The van der Waals surface area contributed by atoms with Gasteiger partial charge in [-0.05, 0) is 37.1 Å². The molecule has 4 heteroatoms. The van der Waals surface area contributed by atoms with Crippen molar-refractivity contribution in [1.29, 1.82) is 0 Å². The van der Waals surface area contributed by atoms with E-state index < -0.39 is 5.97 Å². The van der Waals surface area contributed by atoms with Crippen LogP contribution in [0.2, 0.25) is 0 Å². The molecule has 1 rings (SSSR count). The molecule has 98 valence electrons. The fourth-order valence-electron chi connectivity index (χ4n) is 1.75. The van der Waals surface area contributed by atoms with Crippen molar-refractivity contribution in [3.8, 4) is 5.75 Å². The van der Waals surface area contributed by atoms with E-state index in [1.807, 2.05) is 19.9 Å². The number of carbonyl (C=O) groups excluding carboxylic acids is 1. The summed E-state index contributed by atoms with van der Waals surface area (Å²) in [5.74, 6) is -0.339. The van der Waals surface area contributed by atoms with Crippen molar-refractivity contribution in [1.82, 2.24) is 0 Å². The molecule has 0 bridgehead atoms. The average Bonchev–Trinajstić information content (AvgIpc) is 2.36. The molecule has 4 nitrogen and oxygen atoms in total. The Morgan fingerprint density at radius 3 is 2.50 bits per heavy atom. The summed E-state index contributed by atoms with van der Waals surface area (Å²) in [6.45, 7) is 4.44. The number of aryl methyl sites for hydroxylation is 1. The molecule has 1 aromatic rings. The van der Waals surface area contributed by atoms with Crippen LogP contribution in [0, 0.1) is 0 Å². The van der Waals surface area contributed by atoms with E-state index in [2.05, 4.69) is 0 Å². The first-order chi connectivity index (χ1) is 8.58. The van der Waals surface area contributed by atoms with E-state index in [0.29, 0.717) is 12.2 Å². The molecule has 0 aliphatic rings. The number of ether oxygens (including phenoxy) is 1. The van der Waals surface area contributed by atoms with E-state index in [1.54, 1.807) is 12.1 Å². The molecule has 0 unspecified atom stereocenters. The summed E-state index contributed by atoms with van der Waals surface area (Å²) in [5, 5.41) is 8.58. The summed E-state index contributed by atoms with van der Waals surface area (Å²) in [5.41, 5.74) is 1.50. The van der Waals surface area contributed by atoms with Crippen molar-refractivity contribution >= 4 is 11.8 Å². The first kappa shape index (κ1) is 14.2. The van der Waals surface area contributed by atoms with Gasteiger partial charge < -0.3 is 9.84 Å². The Balaban J connectivity index is 2.87. The fraction of sp³-hybridized carbons (Fsp3) is 0.429. The Morgan fingerprint density at radius 1 is 1.22 bits per heavy atom. The first-order valence-electron chi connectivity index (χ1n) is 6.09. The third-order valence-corrected chi connectivity index (χ3v) is 2.63. The average molecular weight is 250 g/mol. The Morgan fingerprint density at radius 2 is 1.94 bits per heavy atom. The van der Waals surface area contributed by atoms with E-state index in [4.69, 9.17) is 9.84 Å². The van der Waals surface area contributed by atoms with Gasteiger partial charge in [-0.2, -0.15) is 0 Å². The van der Waals surface area contributed by atoms with Gasteiger partial charge in [-0.25, -0.2) is 0 Å². The Bertz CT molecular complexity index is 437. The number of carbonyl (C=O) groups is 2. The van der Waals surface area contributed by atoms with Crippen LogP contribution in [0.25, 0.3) is 0 Å². The minimum absolute atomic E-state index is 0.0380. The predicted octanol–water partition coefficient (Wildman–Crippen LogP) is 2.70. The van der Waals surface area contributed by atoms with Gasteiger partial charge in [0.2, 0.25) is 0 Å². The maximum atomic E-state index is 11.9. The number of hydrogen-bond donors (Lipinski definition) is 1. The lowest BCUT2D eigenvalue weighted by Gasteiger charge is -2.09. The van der Waals surface area contributed by atoms with Crippen molar-refractivity contribution in [3.05, 3.63) is 29.3 Å². The van der Waals surface area contributed by atoms with Gasteiger partial charge in [-0.15, -0.1) is 0 Å². The number of carboxylic acids is 1. The highest BCUT2D eigenvalue weighted by Gasteiger charge is 2.12. The molecule has 0 aromatic heterocycles. The number of aliphatic carboxylic acids is 1. The molecule has 1 aromatic carbocycles. The molecule has 0 amide bonds. The lowest BCUT2D eigenvalue weighted by Crippen LogP contribution is -2.07. The van der Waals surface area contributed by atoms with Crippen molar-refractivity contribution < 1.29 is 19.4 Å². The van der Waals surface area contributed by atoms with Crippen molar-refractivity contribution in [2.24, 2.45) is 0 Å². The molecule has 0 radical (unpaired) electrons. The SMILES string of the molecule is CCOc1ccc(C(=O)CCC(=O)O)c(CC)c1. The molecule has 0 spiro atoms. The molecular formula is C14H18O4. The second kappa shape index (κ2) is 6.79. The highest BCUT2D eigenvalue weighted by atomic mass is 16.5. The normalized spacial score (nSPS) is 10.1. The second-order valence-electron chi connectivity index (χ2n) is 3.92. The number of hydrogen-bond acceptors (Lipinski definition) is 3. The van der Waals surface area contributed by atoms with Crippen molar-refractivity contribution in [2.45, 2.75) is 33.1 Å². The van der Waals surface area contributed by atoms with Gasteiger partial charge in [0.05, 0.1) is 13.0 Å². The zero-order valence-corrected chi connectivity index (χ0v) is 10.7. The molecule has 0 heterocycles. The molecule has 1 N–H and O–H groups in total. The number of benzene rings is 1. The predicted molar refractivity (Wildman–Crippen MR) is 68.2 cm³/mol.